The highest BCUT2D eigenvalue weighted by molar-refractivity contribution is 5.70. The van der Waals surface area contributed by atoms with E-state index in [2.05, 4.69) is 17.0 Å². The molecule has 0 unspecified atom stereocenters. The molecule has 0 aromatic heterocycles. The molecule has 0 aliphatic carbocycles. The minimum Gasteiger partial charge on any atom is -0.491 e. The molecule has 1 fully saturated rings. The number of hydrogen-bond acceptors (Lipinski definition) is 3. The van der Waals surface area contributed by atoms with Crippen LogP contribution in [0.1, 0.15) is 39.2 Å². The Labute approximate surface area is 126 Å². The molecule has 2 rings (SSSR count). The molecular weight excluding hydrogens is 266 g/mol. The maximum absolute atomic E-state index is 11.3. The van der Waals surface area contributed by atoms with Crippen molar-refractivity contribution in [3.63, 3.8) is 0 Å². The van der Waals surface area contributed by atoms with Crippen LogP contribution < -0.4 is 4.74 Å². The first-order valence-electron chi connectivity index (χ1n) is 7.70. The molecule has 116 valence electrons. The zero-order valence-electron chi connectivity index (χ0n) is 13.1. The van der Waals surface area contributed by atoms with Crippen molar-refractivity contribution in [3.8, 4) is 5.75 Å². The van der Waals surface area contributed by atoms with E-state index < -0.39 is 5.97 Å². The highest BCUT2D eigenvalue weighted by atomic mass is 16.5. The van der Waals surface area contributed by atoms with Crippen molar-refractivity contribution in [2.24, 2.45) is 5.92 Å². The van der Waals surface area contributed by atoms with Crippen LogP contribution in [0.15, 0.2) is 24.3 Å². The van der Waals surface area contributed by atoms with Gasteiger partial charge in [0, 0.05) is 12.6 Å². The molecule has 1 N–H and O–H groups in total. The number of benzene rings is 1. The summed E-state index contributed by atoms with van der Waals surface area (Å²) in [7, 11) is 0. The van der Waals surface area contributed by atoms with Gasteiger partial charge in [-0.15, -0.1) is 0 Å². The molecule has 1 aliphatic rings. The third kappa shape index (κ3) is 4.21. The van der Waals surface area contributed by atoms with Gasteiger partial charge < -0.3 is 9.84 Å². The molecule has 0 radical (unpaired) electrons. The Hall–Kier alpha value is -1.55. The first-order chi connectivity index (χ1) is 9.97. The first-order valence-corrected chi connectivity index (χ1v) is 7.70. The molecule has 2 atom stereocenters. The minimum absolute atomic E-state index is 0.0860. The maximum atomic E-state index is 11.3. The number of rotatable bonds is 5. The Bertz CT molecular complexity index is 469. The zero-order valence-corrected chi connectivity index (χ0v) is 13.1. The maximum Gasteiger partial charge on any atom is 0.308 e. The van der Waals surface area contributed by atoms with Crippen LogP contribution in [0.4, 0.5) is 0 Å². The topological polar surface area (TPSA) is 49.8 Å². The van der Waals surface area contributed by atoms with Gasteiger partial charge in [-0.1, -0.05) is 12.1 Å². The second-order valence-corrected chi connectivity index (χ2v) is 6.11. The Kier molecular flexibility index (Phi) is 5.23. The van der Waals surface area contributed by atoms with Gasteiger partial charge in [0.05, 0.1) is 12.0 Å². The normalized spacial score (nSPS) is 23.2. The quantitative estimate of drug-likeness (QED) is 0.905. The predicted molar refractivity (Wildman–Crippen MR) is 82.4 cm³/mol. The Morgan fingerprint density at radius 1 is 1.38 bits per heavy atom. The summed E-state index contributed by atoms with van der Waals surface area (Å²) in [5, 5.41) is 9.27. The van der Waals surface area contributed by atoms with E-state index >= 15 is 0 Å². The van der Waals surface area contributed by atoms with Gasteiger partial charge in [-0.2, -0.15) is 0 Å². The van der Waals surface area contributed by atoms with Gasteiger partial charge in [0.2, 0.25) is 0 Å². The summed E-state index contributed by atoms with van der Waals surface area (Å²) < 4.78 is 5.64. The van der Waals surface area contributed by atoms with Gasteiger partial charge >= 0.3 is 5.97 Å². The van der Waals surface area contributed by atoms with Crippen LogP contribution in [0, 0.1) is 5.92 Å². The van der Waals surface area contributed by atoms with E-state index in [0.717, 1.165) is 31.7 Å². The van der Waals surface area contributed by atoms with E-state index in [1.165, 1.54) is 5.56 Å². The van der Waals surface area contributed by atoms with Crippen LogP contribution in [0.2, 0.25) is 0 Å². The highest BCUT2D eigenvalue weighted by Gasteiger charge is 2.32. The van der Waals surface area contributed by atoms with Gasteiger partial charge in [-0.25, -0.2) is 0 Å². The standard InChI is InChI=1S/C17H25NO3/c1-12(2)21-15-8-6-14(7-9-15)11-18-10-4-5-16(13(18)3)17(19)20/h6-9,12-13,16H,4-5,10-11H2,1-3H3,(H,19,20)/t13-,16-/m0/s1. The summed E-state index contributed by atoms with van der Waals surface area (Å²) in [6.45, 7) is 7.81. The van der Waals surface area contributed by atoms with Crippen molar-refractivity contribution < 1.29 is 14.6 Å². The molecule has 0 spiro atoms. The summed E-state index contributed by atoms with van der Waals surface area (Å²) >= 11 is 0. The number of carboxylic acid groups (broad SMARTS) is 1. The summed E-state index contributed by atoms with van der Waals surface area (Å²) in [6, 6.07) is 8.18. The molecule has 4 heteroatoms. The fourth-order valence-corrected chi connectivity index (χ4v) is 2.95. The van der Waals surface area contributed by atoms with Gasteiger partial charge in [-0.05, 0) is 57.9 Å². The van der Waals surface area contributed by atoms with E-state index in [4.69, 9.17) is 4.74 Å². The number of likely N-dealkylation sites (tertiary alicyclic amines) is 1. The fourth-order valence-electron chi connectivity index (χ4n) is 2.95. The molecule has 4 nitrogen and oxygen atoms in total. The lowest BCUT2D eigenvalue weighted by Crippen LogP contribution is -2.45. The van der Waals surface area contributed by atoms with Crippen molar-refractivity contribution in [2.45, 2.75) is 52.3 Å². The molecule has 1 aromatic rings. The SMILES string of the molecule is CC(C)Oc1ccc(CN2CCC[C@H](C(=O)O)[C@@H]2C)cc1. The van der Waals surface area contributed by atoms with Crippen molar-refractivity contribution in [2.75, 3.05) is 6.54 Å². The Balaban J connectivity index is 1.98. The number of piperidine rings is 1. The molecule has 0 saturated carbocycles. The number of nitrogens with zero attached hydrogens (tertiary/aromatic N) is 1. The Morgan fingerprint density at radius 2 is 2.05 bits per heavy atom. The molecule has 1 saturated heterocycles. The Morgan fingerprint density at radius 3 is 2.62 bits per heavy atom. The molecular formula is C17H25NO3. The van der Waals surface area contributed by atoms with E-state index in [9.17, 15) is 9.90 Å². The van der Waals surface area contributed by atoms with Crippen LogP contribution >= 0.6 is 0 Å². The first kappa shape index (κ1) is 15.8. The van der Waals surface area contributed by atoms with Crippen molar-refractivity contribution in [3.05, 3.63) is 29.8 Å². The third-order valence-electron chi connectivity index (χ3n) is 4.12. The average molecular weight is 291 g/mol. The number of carboxylic acids is 1. The molecule has 1 heterocycles. The van der Waals surface area contributed by atoms with E-state index in [1.807, 2.05) is 32.9 Å². The minimum atomic E-state index is -0.673. The van der Waals surface area contributed by atoms with Crippen molar-refractivity contribution in [1.82, 2.24) is 4.90 Å². The number of aliphatic carboxylic acids is 1. The van der Waals surface area contributed by atoms with E-state index in [-0.39, 0.29) is 18.1 Å². The second kappa shape index (κ2) is 6.94. The van der Waals surface area contributed by atoms with Crippen molar-refractivity contribution in [1.29, 1.82) is 0 Å². The summed E-state index contributed by atoms with van der Waals surface area (Å²) in [6.07, 6.45) is 1.92. The summed E-state index contributed by atoms with van der Waals surface area (Å²) in [4.78, 5) is 13.5. The van der Waals surface area contributed by atoms with Gasteiger partial charge in [0.15, 0.2) is 0 Å². The van der Waals surface area contributed by atoms with Gasteiger partial charge in [-0.3, -0.25) is 9.69 Å². The van der Waals surface area contributed by atoms with E-state index in [1.54, 1.807) is 0 Å². The smallest absolute Gasteiger partial charge is 0.308 e. The highest BCUT2D eigenvalue weighted by Crippen LogP contribution is 2.25. The number of carbonyl (C=O) groups is 1. The second-order valence-electron chi connectivity index (χ2n) is 6.11. The van der Waals surface area contributed by atoms with Crippen LogP contribution in [0.3, 0.4) is 0 Å². The molecule has 1 aromatic carbocycles. The summed E-state index contributed by atoms with van der Waals surface area (Å²) in [5.41, 5.74) is 1.20. The predicted octanol–water partition coefficient (Wildman–Crippen LogP) is 3.16. The largest absolute Gasteiger partial charge is 0.491 e. The number of hydrogen-bond donors (Lipinski definition) is 1. The summed E-state index contributed by atoms with van der Waals surface area (Å²) in [5.74, 6) is -0.0426. The van der Waals surface area contributed by atoms with Crippen LogP contribution in [0.5, 0.6) is 5.75 Å². The molecule has 0 amide bonds. The monoisotopic (exact) mass is 291 g/mol. The van der Waals surface area contributed by atoms with Crippen LogP contribution in [0.25, 0.3) is 0 Å². The fraction of sp³-hybridized carbons (Fsp3) is 0.588. The zero-order chi connectivity index (χ0) is 15.4. The average Bonchev–Trinajstić information content (AvgIpc) is 2.42. The lowest BCUT2D eigenvalue weighted by molar-refractivity contribution is -0.145. The van der Waals surface area contributed by atoms with Gasteiger partial charge in [0.1, 0.15) is 5.75 Å². The lowest BCUT2D eigenvalue weighted by atomic mass is 9.90. The molecule has 0 bridgehead atoms. The number of ether oxygens (including phenoxy) is 1. The van der Waals surface area contributed by atoms with Crippen molar-refractivity contribution >= 4 is 5.97 Å². The third-order valence-corrected chi connectivity index (χ3v) is 4.12. The van der Waals surface area contributed by atoms with Gasteiger partial charge in [0.25, 0.3) is 0 Å². The van der Waals surface area contributed by atoms with Crippen LogP contribution in [-0.4, -0.2) is 34.7 Å². The van der Waals surface area contributed by atoms with E-state index in [0.29, 0.717) is 0 Å². The molecule has 1 aliphatic heterocycles. The lowest BCUT2D eigenvalue weighted by Gasteiger charge is -2.37. The molecule has 21 heavy (non-hydrogen) atoms. The van der Waals surface area contributed by atoms with Crippen LogP contribution in [-0.2, 0) is 11.3 Å².